The van der Waals surface area contributed by atoms with Crippen molar-refractivity contribution in [2.75, 3.05) is 37.8 Å². The fourth-order valence-corrected chi connectivity index (χ4v) is 1.34. The normalized spacial score (nSPS) is 10.3. The zero-order valence-corrected chi connectivity index (χ0v) is 9.75. The van der Waals surface area contributed by atoms with Crippen LogP contribution in [0.3, 0.4) is 0 Å². The molecule has 0 aliphatic heterocycles. The van der Waals surface area contributed by atoms with Gasteiger partial charge in [0.05, 0.1) is 0 Å². The summed E-state index contributed by atoms with van der Waals surface area (Å²) >= 11 is 0. The molecule has 0 saturated carbocycles. The van der Waals surface area contributed by atoms with Gasteiger partial charge < -0.3 is 16.0 Å². The number of nitrogen functional groups attached to an aromatic ring is 1. The van der Waals surface area contributed by atoms with Gasteiger partial charge in [0.25, 0.3) is 0 Å². The van der Waals surface area contributed by atoms with Gasteiger partial charge in [-0.05, 0) is 32.5 Å². The molecule has 4 nitrogen and oxygen atoms in total. The maximum Gasteiger partial charge on any atom is 0.130 e. The second-order valence-electron chi connectivity index (χ2n) is 3.78. The number of aryl methyl sites for hydroxylation is 1. The molecule has 0 saturated heterocycles. The maximum absolute atomic E-state index is 5.83. The average Bonchev–Trinajstić information content (AvgIpc) is 2.22. The van der Waals surface area contributed by atoms with E-state index < -0.39 is 0 Å². The third kappa shape index (κ3) is 3.40. The van der Waals surface area contributed by atoms with E-state index in [1.807, 2.05) is 33.3 Å². The van der Waals surface area contributed by atoms with E-state index in [0.717, 1.165) is 36.6 Å². The molecule has 0 spiro atoms. The first kappa shape index (κ1) is 11.8. The van der Waals surface area contributed by atoms with Crippen molar-refractivity contribution >= 4 is 11.5 Å². The monoisotopic (exact) mass is 208 g/mol. The summed E-state index contributed by atoms with van der Waals surface area (Å²) in [4.78, 5) is 6.46. The Bertz CT molecular complexity index is 311. The summed E-state index contributed by atoms with van der Waals surface area (Å²) in [6.45, 7) is 3.97. The Morgan fingerprint density at radius 2 is 2.27 bits per heavy atom. The molecule has 1 aromatic rings. The van der Waals surface area contributed by atoms with Crippen LogP contribution >= 0.6 is 0 Å². The molecule has 0 aromatic carbocycles. The maximum atomic E-state index is 5.83. The predicted molar refractivity (Wildman–Crippen MR) is 65.2 cm³/mol. The number of nitrogens with one attached hydrogen (secondary N) is 1. The van der Waals surface area contributed by atoms with Crippen molar-refractivity contribution in [3.8, 4) is 0 Å². The molecule has 84 valence electrons. The highest BCUT2D eigenvalue weighted by molar-refractivity contribution is 5.54. The smallest absolute Gasteiger partial charge is 0.130 e. The minimum absolute atomic E-state index is 0.806. The quantitative estimate of drug-likeness (QED) is 0.709. The molecule has 15 heavy (non-hydrogen) atoms. The van der Waals surface area contributed by atoms with Crippen molar-refractivity contribution in [2.24, 2.45) is 0 Å². The highest BCUT2D eigenvalue weighted by Crippen LogP contribution is 2.16. The van der Waals surface area contributed by atoms with Crippen molar-refractivity contribution in [3.63, 3.8) is 0 Å². The number of hydrogen-bond donors (Lipinski definition) is 2. The number of rotatable bonds is 5. The van der Waals surface area contributed by atoms with Gasteiger partial charge in [0.2, 0.25) is 0 Å². The first-order valence-electron chi connectivity index (χ1n) is 5.23. The minimum Gasteiger partial charge on any atom is -0.398 e. The predicted octanol–water partition coefficient (Wildman–Crippen LogP) is 1.02. The minimum atomic E-state index is 0.806. The zero-order chi connectivity index (χ0) is 11.3. The van der Waals surface area contributed by atoms with Gasteiger partial charge in [-0.15, -0.1) is 0 Å². The van der Waals surface area contributed by atoms with E-state index in [-0.39, 0.29) is 0 Å². The van der Waals surface area contributed by atoms with Crippen LogP contribution in [-0.4, -0.2) is 32.2 Å². The summed E-state index contributed by atoms with van der Waals surface area (Å²) in [6, 6.07) is 1.93. The molecule has 0 atom stereocenters. The molecule has 4 heteroatoms. The molecule has 0 aliphatic carbocycles. The Hall–Kier alpha value is -1.29. The van der Waals surface area contributed by atoms with Crippen molar-refractivity contribution in [2.45, 2.75) is 13.3 Å². The lowest BCUT2D eigenvalue weighted by Gasteiger charge is -2.18. The Morgan fingerprint density at radius 1 is 1.53 bits per heavy atom. The van der Waals surface area contributed by atoms with Crippen LogP contribution in [0.2, 0.25) is 0 Å². The third-order valence-electron chi connectivity index (χ3n) is 2.44. The summed E-state index contributed by atoms with van der Waals surface area (Å²) < 4.78 is 0. The molecular formula is C11H20N4. The Morgan fingerprint density at radius 3 is 2.87 bits per heavy atom. The summed E-state index contributed by atoms with van der Waals surface area (Å²) in [6.07, 6.45) is 2.92. The molecular weight excluding hydrogens is 188 g/mol. The lowest BCUT2D eigenvalue weighted by Crippen LogP contribution is -2.23. The molecule has 0 bridgehead atoms. The molecule has 0 aliphatic rings. The second-order valence-corrected chi connectivity index (χ2v) is 3.78. The van der Waals surface area contributed by atoms with E-state index in [1.54, 1.807) is 0 Å². The number of nitrogens with two attached hydrogens (primary N) is 1. The zero-order valence-electron chi connectivity index (χ0n) is 9.75. The average molecular weight is 208 g/mol. The van der Waals surface area contributed by atoms with Gasteiger partial charge in [-0.3, -0.25) is 0 Å². The van der Waals surface area contributed by atoms with E-state index in [1.165, 1.54) is 0 Å². The molecule has 1 heterocycles. The first-order valence-corrected chi connectivity index (χ1v) is 5.23. The molecule has 0 radical (unpaired) electrons. The van der Waals surface area contributed by atoms with Gasteiger partial charge in [-0.2, -0.15) is 0 Å². The van der Waals surface area contributed by atoms with E-state index in [4.69, 9.17) is 5.73 Å². The topological polar surface area (TPSA) is 54.2 Å². The molecule has 1 rings (SSSR count). The summed E-state index contributed by atoms with van der Waals surface area (Å²) in [5.74, 6) is 0.939. The van der Waals surface area contributed by atoms with Crippen LogP contribution in [0.4, 0.5) is 11.5 Å². The number of aromatic nitrogens is 1. The van der Waals surface area contributed by atoms with Gasteiger partial charge in [0.1, 0.15) is 5.82 Å². The number of nitrogens with zero attached hydrogens (tertiary/aromatic N) is 2. The van der Waals surface area contributed by atoms with E-state index in [0.29, 0.717) is 0 Å². The van der Waals surface area contributed by atoms with Crippen LogP contribution in [-0.2, 0) is 0 Å². The van der Waals surface area contributed by atoms with Crippen LogP contribution in [0, 0.1) is 6.92 Å². The highest BCUT2D eigenvalue weighted by atomic mass is 15.2. The first-order chi connectivity index (χ1) is 7.15. The number of pyridine rings is 1. The fraction of sp³-hybridized carbons (Fsp3) is 0.545. The Labute approximate surface area is 91.5 Å². The Balaban J connectivity index is 2.57. The molecule has 0 unspecified atom stereocenters. The number of anilines is 2. The van der Waals surface area contributed by atoms with E-state index in [9.17, 15) is 0 Å². The second kappa shape index (κ2) is 5.56. The Kier molecular flexibility index (Phi) is 4.37. The van der Waals surface area contributed by atoms with Crippen molar-refractivity contribution in [3.05, 3.63) is 17.8 Å². The molecule has 3 N–H and O–H groups in total. The largest absolute Gasteiger partial charge is 0.398 e. The lowest BCUT2D eigenvalue weighted by atomic mass is 10.2. The van der Waals surface area contributed by atoms with Gasteiger partial charge in [0, 0.05) is 31.5 Å². The van der Waals surface area contributed by atoms with E-state index >= 15 is 0 Å². The highest BCUT2D eigenvalue weighted by Gasteiger charge is 2.03. The third-order valence-corrected chi connectivity index (χ3v) is 2.44. The molecule has 0 fully saturated rings. The number of hydrogen-bond acceptors (Lipinski definition) is 4. The van der Waals surface area contributed by atoms with Gasteiger partial charge >= 0.3 is 0 Å². The van der Waals surface area contributed by atoms with Crippen LogP contribution < -0.4 is 16.0 Å². The summed E-state index contributed by atoms with van der Waals surface area (Å²) in [5.41, 5.74) is 7.67. The molecule has 1 aromatic heterocycles. The SMILES string of the molecule is CNCCCN(C)c1cc(N)c(C)cn1. The van der Waals surface area contributed by atoms with Gasteiger partial charge in [-0.1, -0.05) is 0 Å². The van der Waals surface area contributed by atoms with E-state index in [2.05, 4.69) is 15.2 Å². The fourth-order valence-electron chi connectivity index (χ4n) is 1.34. The van der Waals surface area contributed by atoms with Gasteiger partial charge in [0.15, 0.2) is 0 Å². The van der Waals surface area contributed by atoms with Crippen LogP contribution in [0.5, 0.6) is 0 Å². The van der Waals surface area contributed by atoms with Crippen molar-refractivity contribution < 1.29 is 0 Å². The van der Waals surface area contributed by atoms with Crippen molar-refractivity contribution in [1.82, 2.24) is 10.3 Å². The summed E-state index contributed by atoms with van der Waals surface area (Å²) in [5, 5.41) is 3.12. The molecule has 0 amide bonds. The lowest BCUT2D eigenvalue weighted by molar-refractivity contribution is 0.709. The van der Waals surface area contributed by atoms with Crippen molar-refractivity contribution in [1.29, 1.82) is 0 Å². The standard InChI is InChI=1S/C11H20N4/c1-9-8-14-11(7-10(9)12)15(3)6-4-5-13-2/h7-8,13H,4-6H2,1-3H3,(H2,12,14). The summed E-state index contributed by atoms with van der Waals surface area (Å²) in [7, 11) is 3.99. The van der Waals surface area contributed by atoms with Crippen LogP contribution in [0.25, 0.3) is 0 Å². The van der Waals surface area contributed by atoms with Gasteiger partial charge in [-0.25, -0.2) is 4.98 Å². The van der Waals surface area contributed by atoms with Crippen LogP contribution in [0.1, 0.15) is 12.0 Å². The van der Waals surface area contributed by atoms with Crippen LogP contribution in [0.15, 0.2) is 12.3 Å².